The lowest BCUT2D eigenvalue weighted by Crippen LogP contribution is -2.42. The molecule has 3 heterocycles. The van der Waals surface area contributed by atoms with Gasteiger partial charge in [0.25, 0.3) is 5.56 Å². The fourth-order valence-electron chi connectivity index (χ4n) is 2.91. The Labute approximate surface area is 160 Å². The first kappa shape index (κ1) is 17.8. The van der Waals surface area contributed by atoms with E-state index < -0.39 is 23.3 Å². The number of ether oxygens (including phenoxy) is 1. The molecule has 10 heteroatoms. The van der Waals surface area contributed by atoms with E-state index in [1.165, 1.54) is 0 Å². The van der Waals surface area contributed by atoms with E-state index in [1.807, 2.05) is 12.1 Å². The second kappa shape index (κ2) is 7.20. The summed E-state index contributed by atoms with van der Waals surface area (Å²) in [4.78, 5) is 24.8. The van der Waals surface area contributed by atoms with Crippen LogP contribution in [0.2, 0.25) is 0 Å². The molecule has 1 unspecified atom stereocenters. The van der Waals surface area contributed by atoms with Crippen LogP contribution in [0.4, 0.5) is 4.39 Å². The van der Waals surface area contributed by atoms with Crippen LogP contribution in [0, 0.1) is 5.82 Å². The maximum Gasteiger partial charge on any atom is 0.333 e. The topological polar surface area (TPSA) is 92.2 Å². The van der Waals surface area contributed by atoms with Crippen LogP contribution in [0.25, 0.3) is 11.5 Å². The SMILES string of the molecule is O=c1c(F)cn(C2CCCO2)c(=O)n1Cc1nnc(-c2ccccc2Br)o1. The van der Waals surface area contributed by atoms with Gasteiger partial charge >= 0.3 is 5.69 Å². The van der Waals surface area contributed by atoms with Gasteiger partial charge in [-0.15, -0.1) is 10.2 Å². The molecular formula is C17H14BrFN4O4. The van der Waals surface area contributed by atoms with Gasteiger partial charge < -0.3 is 9.15 Å². The first-order valence-corrected chi connectivity index (χ1v) is 9.04. The van der Waals surface area contributed by atoms with E-state index >= 15 is 0 Å². The van der Waals surface area contributed by atoms with Crippen LogP contribution in [0.1, 0.15) is 25.0 Å². The fraction of sp³-hybridized carbons (Fsp3) is 0.294. The van der Waals surface area contributed by atoms with E-state index in [9.17, 15) is 14.0 Å². The quantitative estimate of drug-likeness (QED) is 0.622. The van der Waals surface area contributed by atoms with E-state index in [1.54, 1.807) is 12.1 Å². The highest BCUT2D eigenvalue weighted by Gasteiger charge is 2.23. The number of benzene rings is 1. The Morgan fingerprint density at radius 3 is 2.81 bits per heavy atom. The average Bonchev–Trinajstić information content (AvgIpc) is 3.34. The van der Waals surface area contributed by atoms with Crippen molar-refractivity contribution in [3.8, 4) is 11.5 Å². The van der Waals surface area contributed by atoms with Gasteiger partial charge in [0.15, 0.2) is 0 Å². The van der Waals surface area contributed by atoms with Crippen molar-refractivity contribution in [2.24, 2.45) is 0 Å². The van der Waals surface area contributed by atoms with Crippen LogP contribution < -0.4 is 11.2 Å². The van der Waals surface area contributed by atoms with Gasteiger partial charge in [-0.2, -0.15) is 4.39 Å². The molecule has 0 radical (unpaired) electrons. The molecule has 0 spiro atoms. The van der Waals surface area contributed by atoms with Gasteiger partial charge in [-0.3, -0.25) is 9.36 Å². The van der Waals surface area contributed by atoms with E-state index in [2.05, 4.69) is 26.1 Å². The molecular weight excluding hydrogens is 423 g/mol. The molecule has 0 bridgehead atoms. The largest absolute Gasteiger partial charge is 0.419 e. The third kappa shape index (κ3) is 3.37. The zero-order valence-electron chi connectivity index (χ0n) is 14.0. The van der Waals surface area contributed by atoms with Gasteiger partial charge in [-0.05, 0) is 40.9 Å². The Kier molecular flexibility index (Phi) is 4.75. The molecule has 1 atom stereocenters. The monoisotopic (exact) mass is 436 g/mol. The van der Waals surface area contributed by atoms with Crippen molar-refractivity contribution >= 4 is 15.9 Å². The molecule has 4 rings (SSSR count). The summed E-state index contributed by atoms with van der Waals surface area (Å²) in [6.45, 7) is 0.149. The van der Waals surface area contributed by atoms with Crippen molar-refractivity contribution in [3.63, 3.8) is 0 Å². The lowest BCUT2D eigenvalue weighted by atomic mass is 10.2. The van der Waals surface area contributed by atoms with Crippen LogP contribution in [0.15, 0.2) is 48.9 Å². The van der Waals surface area contributed by atoms with Gasteiger partial charge in [0.05, 0.1) is 11.8 Å². The standard InChI is InChI=1S/C17H14BrFN4O4/c18-11-5-2-1-4-10(11)15-21-20-13(27-15)9-23-16(24)12(19)8-22(17(23)25)14-6-3-7-26-14/h1-2,4-5,8,14H,3,6-7,9H2. The van der Waals surface area contributed by atoms with Gasteiger partial charge in [0, 0.05) is 11.1 Å². The van der Waals surface area contributed by atoms with Gasteiger partial charge in [-0.25, -0.2) is 9.36 Å². The average molecular weight is 437 g/mol. The summed E-state index contributed by atoms with van der Waals surface area (Å²) >= 11 is 3.39. The summed E-state index contributed by atoms with van der Waals surface area (Å²) in [5, 5.41) is 7.80. The van der Waals surface area contributed by atoms with Crippen LogP contribution in [-0.4, -0.2) is 25.9 Å². The molecule has 8 nitrogen and oxygen atoms in total. The highest BCUT2D eigenvalue weighted by molar-refractivity contribution is 9.10. The van der Waals surface area contributed by atoms with E-state index in [4.69, 9.17) is 9.15 Å². The molecule has 0 saturated carbocycles. The molecule has 2 aromatic heterocycles. The predicted molar refractivity (Wildman–Crippen MR) is 95.7 cm³/mol. The molecule has 3 aromatic rings. The molecule has 1 aliphatic rings. The summed E-state index contributed by atoms with van der Waals surface area (Å²) < 4.78 is 27.6. The van der Waals surface area contributed by atoms with E-state index in [-0.39, 0.29) is 18.3 Å². The maximum atomic E-state index is 14.1. The Morgan fingerprint density at radius 1 is 1.26 bits per heavy atom. The van der Waals surface area contributed by atoms with E-state index in [0.717, 1.165) is 26.2 Å². The zero-order valence-corrected chi connectivity index (χ0v) is 15.6. The predicted octanol–water partition coefficient (Wildman–Crippen LogP) is 2.32. The first-order chi connectivity index (χ1) is 13.0. The Morgan fingerprint density at radius 2 is 2.07 bits per heavy atom. The molecule has 0 N–H and O–H groups in total. The number of hydrogen-bond donors (Lipinski definition) is 0. The van der Waals surface area contributed by atoms with Crippen LogP contribution in [-0.2, 0) is 11.3 Å². The number of hydrogen-bond acceptors (Lipinski definition) is 6. The highest BCUT2D eigenvalue weighted by Crippen LogP contribution is 2.26. The van der Waals surface area contributed by atoms with Crippen molar-refractivity contribution in [2.75, 3.05) is 6.61 Å². The van der Waals surface area contributed by atoms with Crippen molar-refractivity contribution in [1.29, 1.82) is 0 Å². The molecule has 1 aliphatic heterocycles. The summed E-state index contributed by atoms with van der Waals surface area (Å²) in [5.74, 6) is -0.804. The second-order valence-electron chi connectivity index (χ2n) is 6.01. The molecule has 0 aliphatic carbocycles. The lowest BCUT2D eigenvalue weighted by molar-refractivity contribution is 0.0503. The summed E-state index contributed by atoms with van der Waals surface area (Å²) in [5.41, 5.74) is -1.07. The molecule has 27 heavy (non-hydrogen) atoms. The summed E-state index contributed by atoms with van der Waals surface area (Å²) in [7, 11) is 0. The Balaban J connectivity index is 1.70. The third-order valence-electron chi connectivity index (χ3n) is 4.23. The smallest absolute Gasteiger partial charge is 0.333 e. The van der Waals surface area contributed by atoms with Crippen molar-refractivity contribution in [2.45, 2.75) is 25.6 Å². The molecule has 0 amide bonds. The molecule has 140 valence electrons. The zero-order chi connectivity index (χ0) is 19.0. The third-order valence-corrected chi connectivity index (χ3v) is 4.93. The minimum atomic E-state index is -1.05. The Bertz CT molecular complexity index is 1100. The lowest BCUT2D eigenvalue weighted by Gasteiger charge is -2.14. The number of rotatable bonds is 4. The van der Waals surface area contributed by atoms with Crippen LogP contribution in [0.3, 0.4) is 0 Å². The van der Waals surface area contributed by atoms with Gasteiger partial charge in [0.2, 0.25) is 17.6 Å². The van der Waals surface area contributed by atoms with Crippen LogP contribution >= 0.6 is 15.9 Å². The van der Waals surface area contributed by atoms with Crippen LogP contribution in [0.5, 0.6) is 0 Å². The first-order valence-electron chi connectivity index (χ1n) is 8.25. The molecule has 1 saturated heterocycles. The minimum absolute atomic E-state index is 0.0180. The second-order valence-corrected chi connectivity index (χ2v) is 6.86. The normalized spacial score (nSPS) is 16.7. The molecule has 1 fully saturated rings. The maximum absolute atomic E-state index is 14.1. The van der Waals surface area contributed by atoms with E-state index in [0.29, 0.717) is 18.6 Å². The summed E-state index contributed by atoms with van der Waals surface area (Å²) in [6, 6.07) is 7.24. The van der Waals surface area contributed by atoms with Crippen molar-refractivity contribution in [3.05, 3.63) is 67.5 Å². The fourth-order valence-corrected chi connectivity index (χ4v) is 3.36. The number of halogens is 2. The Hall–Kier alpha value is -2.59. The van der Waals surface area contributed by atoms with Crippen molar-refractivity contribution in [1.82, 2.24) is 19.3 Å². The van der Waals surface area contributed by atoms with Gasteiger partial charge in [0.1, 0.15) is 12.8 Å². The highest BCUT2D eigenvalue weighted by atomic mass is 79.9. The van der Waals surface area contributed by atoms with Gasteiger partial charge in [-0.1, -0.05) is 12.1 Å². The summed E-state index contributed by atoms with van der Waals surface area (Å²) in [6.07, 6.45) is 1.64. The number of nitrogens with zero attached hydrogens (tertiary/aromatic N) is 4. The molecule has 1 aromatic carbocycles. The minimum Gasteiger partial charge on any atom is -0.419 e. The van der Waals surface area contributed by atoms with Crippen molar-refractivity contribution < 1.29 is 13.5 Å². The number of aromatic nitrogens is 4.